The summed E-state index contributed by atoms with van der Waals surface area (Å²) in [7, 11) is 0. The minimum atomic E-state index is 0.811. The first-order chi connectivity index (χ1) is 10.3. The highest BCUT2D eigenvalue weighted by molar-refractivity contribution is 7.98. The Kier molecular flexibility index (Phi) is 4.27. The molecule has 3 rings (SSSR count). The third-order valence-corrected chi connectivity index (χ3v) is 4.40. The summed E-state index contributed by atoms with van der Waals surface area (Å²) in [6.45, 7) is 0. The van der Waals surface area contributed by atoms with Crippen LogP contribution in [0.2, 0.25) is 0 Å². The Morgan fingerprint density at radius 3 is 2.19 bits per heavy atom. The van der Waals surface area contributed by atoms with Gasteiger partial charge < -0.3 is 5.73 Å². The Morgan fingerprint density at radius 2 is 1.43 bits per heavy atom. The molecule has 0 atom stereocenters. The highest BCUT2D eigenvalue weighted by atomic mass is 32.2. The summed E-state index contributed by atoms with van der Waals surface area (Å²) >= 11 is 1.83. The first-order valence-corrected chi connectivity index (χ1v) is 7.92. The van der Waals surface area contributed by atoms with Crippen molar-refractivity contribution in [1.82, 2.24) is 0 Å². The van der Waals surface area contributed by atoms with Crippen molar-refractivity contribution in [2.24, 2.45) is 0 Å². The van der Waals surface area contributed by atoms with Crippen LogP contribution in [0.4, 0.5) is 5.69 Å². The monoisotopic (exact) mass is 291 g/mol. The van der Waals surface area contributed by atoms with Gasteiger partial charge in [-0.3, -0.25) is 0 Å². The second-order valence-electron chi connectivity index (χ2n) is 4.92. The van der Waals surface area contributed by atoms with Gasteiger partial charge in [0.2, 0.25) is 0 Å². The van der Waals surface area contributed by atoms with E-state index < -0.39 is 0 Å². The van der Waals surface area contributed by atoms with Crippen molar-refractivity contribution in [3.05, 3.63) is 84.4 Å². The predicted molar refractivity (Wildman–Crippen MR) is 92.3 cm³/mol. The van der Waals surface area contributed by atoms with E-state index in [0.29, 0.717) is 0 Å². The first-order valence-electron chi connectivity index (χ1n) is 6.94. The Morgan fingerprint density at radius 1 is 0.714 bits per heavy atom. The molecule has 3 aromatic rings. The lowest BCUT2D eigenvalue weighted by atomic mass is 10.0. The standard InChI is InChI=1S/C19H17NS/c20-18-9-11-19(12-10-18)21-14-15-5-4-8-17(13-15)16-6-2-1-3-7-16/h1-13H,14,20H2. The van der Waals surface area contributed by atoms with Crippen LogP contribution in [0.25, 0.3) is 11.1 Å². The summed E-state index contributed by atoms with van der Waals surface area (Å²) in [6, 6.07) is 27.2. The summed E-state index contributed by atoms with van der Waals surface area (Å²) in [5.41, 5.74) is 10.4. The lowest BCUT2D eigenvalue weighted by Gasteiger charge is -2.06. The van der Waals surface area contributed by atoms with Crippen LogP contribution in [0.15, 0.2) is 83.8 Å². The molecule has 0 aliphatic carbocycles. The molecule has 0 saturated carbocycles. The van der Waals surface area contributed by atoms with Crippen LogP contribution in [0.3, 0.4) is 0 Å². The van der Waals surface area contributed by atoms with E-state index in [1.165, 1.54) is 21.6 Å². The number of thioether (sulfide) groups is 1. The molecular formula is C19H17NS. The van der Waals surface area contributed by atoms with Crippen LogP contribution in [0.5, 0.6) is 0 Å². The van der Waals surface area contributed by atoms with E-state index in [2.05, 4.69) is 60.7 Å². The molecule has 0 spiro atoms. The van der Waals surface area contributed by atoms with Gasteiger partial charge in [-0.15, -0.1) is 11.8 Å². The zero-order valence-electron chi connectivity index (χ0n) is 11.7. The van der Waals surface area contributed by atoms with Crippen molar-refractivity contribution in [3.8, 4) is 11.1 Å². The smallest absolute Gasteiger partial charge is 0.0314 e. The number of rotatable bonds is 4. The fraction of sp³-hybridized carbons (Fsp3) is 0.0526. The van der Waals surface area contributed by atoms with Crippen molar-refractivity contribution in [1.29, 1.82) is 0 Å². The van der Waals surface area contributed by atoms with E-state index >= 15 is 0 Å². The number of nitrogen functional groups attached to an aromatic ring is 1. The van der Waals surface area contributed by atoms with Crippen LogP contribution in [0.1, 0.15) is 5.56 Å². The predicted octanol–water partition coefficient (Wildman–Crippen LogP) is 5.23. The molecule has 2 heteroatoms. The molecule has 0 radical (unpaired) electrons. The molecule has 21 heavy (non-hydrogen) atoms. The van der Waals surface area contributed by atoms with Gasteiger partial charge in [-0.1, -0.05) is 54.6 Å². The quantitative estimate of drug-likeness (QED) is 0.526. The van der Waals surface area contributed by atoms with Gasteiger partial charge in [0.1, 0.15) is 0 Å². The van der Waals surface area contributed by atoms with Crippen LogP contribution < -0.4 is 5.73 Å². The summed E-state index contributed by atoms with van der Waals surface area (Å²) in [5, 5.41) is 0. The maximum atomic E-state index is 5.71. The summed E-state index contributed by atoms with van der Waals surface area (Å²) in [4.78, 5) is 1.24. The average Bonchev–Trinajstić information content (AvgIpc) is 2.55. The van der Waals surface area contributed by atoms with E-state index in [4.69, 9.17) is 5.73 Å². The Bertz CT molecular complexity index is 705. The van der Waals surface area contributed by atoms with E-state index in [0.717, 1.165) is 11.4 Å². The van der Waals surface area contributed by atoms with Crippen LogP contribution in [-0.4, -0.2) is 0 Å². The molecule has 0 fully saturated rings. The molecule has 0 amide bonds. The van der Waals surface area contributed by atoms with Crippen LogP contribution >= 0.6 is 11.8 Å². The van der Waals surface area contributed by atoms with Gasteiger partial charge in [0, 0.05) is 16.3 Å². The molecule has 0 aliphatic rings. The van der Waals surface area contributed by atoms with E-state index in [1.807, 2.05) is 30.0 Å². The largest absolute Gasteiger partial charge is 0.399 e. The Hall–Kier alpha value is -2.19. The number of hydrogen-bond acceptors (Lipinski definition) is 2. The topological polar surface area (TPSA) is 26.0 Å². The molecule has 0 aromatic heterocycles. The van der Waals surface area contributed by atoms with Crippen molar-refractivity contribution in [2.75, 3.05) is 5.73 Å². The molecule has 0 bridgehead atoms. The molecule has 0 unspecified atom stereocenters. The van der Waals surface area contributed by atoms with Crippen molar-refractivity contribution < 1.29 is 0 Å². The van der Waals surface area contributed by atoms with Gasteiger partial charge in [0.15, 0.2) is 0 Å². The third-order valence-electron chi connectivity index (χ3n) is 3.32. The van der Waals surface area contributed by atoms with Crippen LogP contribution in [-0.2, 0) is 5.75 Å². The van der Waals surface area contributed by atoms with Gasteiger partial charge >= 0.3 is 0 Å². The van der Waals surface area contributed by atoms with Crippen molar-refractivity contribution >= 4 is 17.4 Å². The van der Waals surface area contributed by atoms with Crippen LogP contribution in [0, 0.1) is 0 Å². The second kappa shape index (κ2) is 6.51. The molecular weight excluding hydrogens is 274 g/mol. The number of hydrogen-bond donors (Lipinski definition) is 1. The molecule has 2 N–H and O–H groups in total. The third kappa shape index (κ3) is 3.67. The second-order valence-corrected chi connectivity index (χ2v) is 5.97. The molecule has 0 heterocycles. The summed E-state index contributed by atoms with van der Waals surface area (Å²) in [5.74, 6) is 0.963. The minimum Gasteiger partial charge on any atom is -0.399 e. The lowest BCUT2D eigenvalue weighted by Crippen LogP contribution is -1.85. The fourth-order valence-corrected chi connectivity index (χ4v) is 3.04. The average molecular weight is 291 g/mol. The zero-order valence-corrected chi connectivity index (χ0v) is 12.5. The van der Waals surface area contributed by atoms with Crippen molar-refractivity contribution in [2.45, 2.75) is 10.6 Å². The lowest BCUT2D eigenvalue weighted by molar-refractivity contribution is 1.38. The van der Waals surface area contributed by atoms with Crippen molar-refractivity contribution in [3.63, 3.8) is 0 Å². The van der Waals surface area contributed by atoms with E-state index in [-0.39, 0.29) is 0 Å². The molecule has 0 saturated heterocycles. The molecule has 3 aromatic carbocycles. The minimum absolute atomic E-state index is 0.811. The Balaban J connectivity index is 1.73. The maximum Gasteiger partial charge on any atom is 0.0314 e. The number of nitrogens with two attached hydrogens (primary N) is 1. The zero-order chi connectivity index (χ0) is 14.5. The highest BCUT2D eigenvalue weighted by Gasteiger charge is 2.00. The van der Waals surface area contributed by atoms with Gasteiger partial charge in [-0.2, -0.15) is 0 Å². The van der Waals surface area contributed by atoms with E-state index in [1.54, 1.807) is 0 Å². The summed E-state index contributed by atoms with van der Waals surface area (Å²) < 4.78 is 0. The van der Waals surface area contributed by atoms with E-state index in [9.17, 15) is 0 Å². The number of benzene rings is 3. The van der Waals surface area contributed by atoms with Gasteiger partial charge in [-0.25, -0.2) is 0 Å². The first kappa shape index (κ1) is 13.8. The number of anilines is 1. The maximum absolute atomic E-state index is 5.71. The molecule has 104 valence electrons. The summed E-state index contributed by atoms with van der Waals surface area (Å²) in [6.07, 6.45) is 0. The van der Waals surface area contributed by atoms with Gasteiger partial charge in [0.25, 0.3) is 0 Å². The SMILES string of the molecule is Nc1ccc(SCc2cccc(-c3ccccc3)c2)cc1. The normalized spacial score (nSPS) is 10.5. The highest BCUT2D eigenvalue weighted by Crippen LogP contribution is 2.26. The molecule has 0 aliphatic heterocycles. The van der Waals surface area contributed by atoms with Gasteiger partial charge in [0.05, 0.1) is 0 Å². The fourth-order valence-electron chi connectivity index (χ4n) is 2.20. The Labute approximate surface area is 129 Å². The van der Waals surface area contributed by atoms with Gasteiger partial charge in [-0.05, 0) is 41.0 Å². The molecule has 1 nitrogen and oxygen atoms in total.